The van der Waals surface area contributed by atoms with Crippen molar-refractivity contribution >= 4 is 38.4 Å². The first kappa shape index (κ1) is 15.5. The fraction of sp³-hybridized carbons (Fsp3) is 0.429. The van der Waals surface area contributed by atoms with Crippen molar-refractivity contribution in [3.05, 3.63) is 29.6 Å². The molecule has 2 atom stereocenters. The van der Waals surface area contributed by atoms with Crippen LogP contribution in [0.3, 0.4) is 0 Å². The van der Waals surface area contributed by atoms with Gasteiger partial charge in [0.2, 0.25) is 5.91 Å². The van der Waals surface area contributed by atoms with Crippen molar-refractivity contribution in [3.63, 3.8) is 0 Å². The van der Waals surface area contributed by atoms with Gasteiger partial charge in [0.15, 0.2) is 15.0 Å². The van der Waals surface area contributed by atoms with Gasteiger partial charge in [0.05, 0.1) is 17.5 Å². The lowest BCUT2D eigenvalue weighted by atomic mass is 10.1. The number of thioether (sulfide) groups is 1. The third kappa shape index (κ3) is 2.77. The first-order valence-electron chi connectivity index (χ1n) is 6.78. The van der Waals surface area contributed by atoms with Crippen LogP contribution in [0.1, 0.15) is 12.5 Å². The van der Waals surface area contributed by atoms with Crippen LogP contribution in [0.5, 0.6) is 0 Å². The van der Waals surface area contributed by atoms with Crippen LogP contribution in [0.2, 0.25) is 0 Å². The second-order valence-corrected chi connectivity index (χ2v) is 8.88. The lowest BCUT2D eigenvalue weighted by Gasteiger charge is -2.24. The Morgan fingerprint density at radius 2 is 2.14 bits per heavy atom. The lowest BCUT2D eigenvalue weighted by molar-refractivity contribution is -0.115. The van der Waals surface area contributed by atoms with E-state index in [0.29, 0.717) is 16.4 Å². The first-order valence-corrected chi connectivity index (χ1v) is 9.49. The zero-order chi connectivity index (χ0) is 16.1. The topological polar surface area (TPSA) is 66.8 Å². The maximum absolute atomic E-state index is 13.9. The van der Waals surface area contributed by atoms with Crippen LogP contribution in [-0.4, -0.2) is 42.3 Å². The number of nitrogens with zero attached hydrogens (tertiary/aromatic N) is 2. The van der Waals surface area contributed by atoms with Gasteiger partial charge >= 0.3 is 0 Å². The summed E-state index contributed by atoms with van der Waals surface area (Å²) in [6, 6.07) is 4.41. The summed E-state index contributed by atoms with van der Waals surface area (Å²) in [4.78, 5) is 17.0. The first-order chi connectivity index (χ1) is 10.3. The summed E-state index contributed by atoms with van der Waals surface area (Å²) in [6.07, 6.45) is 0. The van der Waals surface area contributed by atoms with E-state index in [4.69, 9.17) is 0 Å². The number of sulfone groups is 1. The summed E-state index contributed by atoms with van der Waals surface area (Å²) >= 11 is 1.28. The molecule has 1 aromatic carbocycles. The van der Waals surface area contributed by atoms with E-state index >= 15 is 0 Å². The van der Waals surface area contributed by atoms with Crippen molar-refractivity contribution in [2.45, 2.75) is 25.1 Å². The molecule has 0 aromatic heterocycles. The highest BCUT2D eigenvalue weighted by Crippen LogP contribution is 2.41. The highest BCUT2D eigenvalue weighted by Gasteiger charge is 2.49. The summed E-state index contributed by atoms with van der Waals surface area (Å²) in [6.45, 7) is 3.00. The van der Waals surface area contributed by atoms with Gasteiger partial charge in [-0.05, 0) is 24.6 Å². The Balaban J connectivity index is 2.06. The molecule has 8 heteroatoms. The molecule has 2 fully saturated rings. The number of hydrogen-bond acceptors (Lipinski definition) is 4. The monoisotopic (exact) mass is 342 g/mol. The van der Waals surface area contributed by atoms with Gasteiger partial charge in [-0.3, -0.25) is 4.79 Å². The second kappa shape index (κ2) is 5.34. The van der Waals surface area contributed by atoms with Crippen molar-refractivity contribution in [1.29, 1.82) is 0 Å². The number of benzene rings is 1. The van der Waals surface area contributed by atoms with Crippen molar-refractivity contribution in [2.24, 2.45) is 4.99 Å². The maximum Gasteiger partial charge on any atom is 0.244 e. The second-order valence-electron chi connectivity index (χ2n) is 5.52. The van der Waals surface area contributed by atoms with E-state index in [9.17, 15) is 17.6 Å². The third-order valence-electron chi connectivity index (χ3n) is 3.75. The largest absolute Gasteiger partial charge is 0.315 e. The van der Waals surface area contributed by atoms with Gasteiger partial charge in [-0.25, -0.2) is 12.8 Å². The Morgan fingerprint density at radius 3 is 2.77 bits per heavy atom. The molecule has 0 saturated carbocycles. The number of aryl methyl sites for hydroxylation is 1. The van der Waals surface area contributed by atoms with Gasteiger partial charge in [0.1, 0.15) is 5.82 Å². The normalized spacial score (nSPS) is 28.1. The van der Waals surface area contributed by atoms with Gasteiger partial charge in [0.25, 0.3) is 0 Å². The molecule has 2 heterocycles. The van der Waals surface area contributed by atoms with Crippen LogP contribution in [0.4, 0.5) is 10.1 Å². The van der Waals surface area contributed by atoms with Crippen LogP contribution < -0.4 is 4.90 Å². The average Bonchev–Trinajstić information content (AvgIpc) is 2.83. The predicted molar refractivity (Wildman–Crippen MR) is 85.6 cm³/mol. The van der Waals surface area contributed by atoms with E-state index < -0.39 is 9.84 Å². The molecule has 22 heavy (non-hydrogen) atoms. The van der Waals surface area contributed by atoms with Gasteiger partial charge < -0.3 is 4.90 Å². The molecule has 0 aliphatic carbocycles. The number of carbonyl (C=O) groups is 1. The highest BCUT2D eigenvalue weighted by atomic mass is 32.2. The van der Waals surface area contributed by atoms with Crippen LogP contribution in [0.25, 0.3) is 0 Å². The molecule has 0 N–H and O–H groups in total. The van der Waals surface area contributed by atoms with Gasteiger partial charge in [-0.1, -0.05) is 17.8 Å². The van der Waals surface area contributed by atoms with E-state index in [0.717, 1.165) is 0 Å². The van der Waals surface area contributed by atoms with Gasteiger partial charge in [-0.2, -0.15) is 4.99 Å². The van der Waals surface area contributed by atoms with Crippen molar-refractivity contribution in [3.8, 4) is 0 Å². The Bertz CT molecular complexity index is 776. The molecule has 1 amide bonds. The van der Waals surface area contributed by atoms with Crippen molar-refractivity contribution in [2.75, 3.05) is 16.4 Å². The maximum atomic E-state index is 13.9. The third-order valence-corrected chi connectivity index (χ3v) is 6.96. The number of fused-ring (bicyclic) bond motifs is 1. The SMILES string of the molecule is CC(=O)N=C1S[C@H]2CS(=O)(=O)C[C@@H]2N1c1ccc(C)c(F)c1. The molecule has 1 aromatic rings. The Morgan fingerprint density at radius 1 is 1.41 bits per heavy atom. The van der Waals surface area contributed by atoms with E-state index in [1.807, 2.05) is 0 Å². The standard InChI is InChI=1S/C14H15FN2O3S2/c1-8-3-4-10(5-11(8)15)17-12-6-22(19,20)7-13(12)21-14(17)16-9(2)18/h3-5,12-13H,6-7H2,1-2H3/t12-,13-/m0/s1. The molecule has 2 saturated heterocycles. The van der Waals surface area contributed by atoms with Crippen LogP contribution >= 0.6 is 11.8 Å². The number of halogens is 1. The molecule has 3 rings (SSSR count). The molecular formula is C14H15FN2O3S2. The fourth-order valence-electron chi connectivity index (χ4n) is 2.73. The highest BCUT2D eigenvalue weighted by molar-refractivity contribution is 8.16. The van der Waals surface area contributed by atoms with Gasteiger partial charge in [-0.15, -0.1) is 0 Å². The average molecular weight is 342 g/mol. The number of amidine groups is 1. The number of aliphatic imine (C=N–C) groups is 1. The van der Waals surface area contributed by atoms with Crippen LogP contribution in [0, 0.1) is 12.7 Å². The van der Waals surface area contributed by atoms with E-state index in [1.54, 1.807) is 24.0 Å². The van der Waals surface area contributed by atoms with E-state index in [-0.39, 0.29) is 34.5 Å². The minimum absolute atomic E-state index is 0.00289. The Kier molecular flexibility index (Phi) is 3.76. The van der Waals surface area contributed by atoms with E-state index in [1.165, 1.54) is 24.8 Å². The van der Waals surface area contributed by atoms with E-state index in [2.05, 4.69) is 4.99 Å². The summed E-state index contributed by atoms with van der Waals surface area (Å²) in [5.74, 6) is -0.668. The number of anilines is 1. The summed E-state index contributed by atoms with van der Waals surface area (Å²) in [7, 11) is -3.11. The molecule has 2 aliphatic heterocycles. The van der Waals surface area contributed by atoms with Crippen LogP contribution in [-0.2, 0) is 14.6 Å². The van der Waals surface area contributed by atoms with Crippen LogP contribution in [0.15, 0.2) is 23.2 Å². The van der Waals surface area contributed by atoms with Crippen molar-refractivity contribution < 1.29 is 17.6 Å². The summed E-state index contributed by atoms with van der Waals surface area (Å²) in [5.41, 5.74) is 1.04. The number of hydrogen-bond donors (Lipinski definition) is 0. The Hall–Kier alpha value is -1.41. The summed E-state index contributed by atoms with van der Waals surface area (Å²) in [5, 5.41) is 0.271. The minimum Gasteiger partial charge on any atom is -0.315 e. The zero-order valence-corrected chi connectivity index (χ0v) is 13.7. The fourth-order valence-corrected chi connectivity index (χ4v) is 6.69. The molecule has 0 bridgehead atoms. The molecular weight excluding hydrogens is 327 g/mol. The zero-order valence-electron chi connectivity index (χ0n) is 12.1. The molecule has 5 nitrogen and oxygen atoms in total. The van der Waals surface area contributed by atoms with Gasteiger partial charge in [0, 0.05) is 17.9 Å². The minimum atomic E-state index is -3.11. The predicted octanol–water partition coefficient (Wildman–Crippen LogP) is 1.76. The summed E-state index contributed by atoms with van der Waals surface area (Å²) < 4.78 is 37.6. The number of rotatable bonds is 1. The molecule has 118 valence electrons. The van der Waals surface area contributed by atoms with Crippen molar-refractivity contribution in [1.82, 2.24) is 0 Å². The number of amides is 1. The quantitative estimate of drug-likeness (QED) is 0.778. The molecule has 2 aliphatic rings. The smallest absolute Gasteiger partial charge is 0.244 e. The lowest BCUT2D eigenvalue weighted by Crippen LogP contribution is -2.37. The Labute approximate surface area is 132 Å². The molecule has 0 spiro atoms. The number of carbonyl (C=O) groups excluding carboxylic acids is 1. The molecule has 0 radical (unpaired) electrons. The molecule has 0 unspecified atom stereocenters.